The van der Waals surface area contributed by atoms with E-state index in [1.807, 2.05) is 57.2 Å². The van der Waals surface area contributed by atoms with E-state index in [1.54, 1.807) is 125 Å². The number of aromatic nitrogens is 8. The molecule has 0 bridgehead atoms. The Labute approximate surface area is 429 Å². The number of ether oxygens (including phenoxy) is 3. The summed E-state index contributed by atoms with van der Waals surface area (Å²) in [4.78, 5) is 78.7. The molecule has 0 saturated carbocycles. The van der Waals surface area contributed by atoms with Crippen molar-refractivity contribution in [3.05, 3.63) is 197 Å². The number of carbonyl (C=O) groups excluding carboxylic acids is 3. The summed E-state index contributed by atoms with van der Waals surface area (Å²) in [5.74, 6) is 2.69. The average Bonchev–Trinajstić information content (AvgIpc) is 4.23. The van der Waals surface area contributed by atoms with Crippen molar-refractivity contribution in [3.8, 4) is 51.3 Å². The molecule has 0 fully saturated rings. The maximum Gasteiger partial charge on any atom is 0.420 e. The van der Waals surface area contributed by atoms with E-state index in [2.05, 4.69) is 35.2 Å². The van der Waals surface area contributed by atoms with Crippen LogP contribution in [-0.2, 0) is 9.47 Å². The minimum Gasteiger partial charge on any atom is -0.443 e. The van der Waals surface area contributed by atoms with Crippen LogP contribution >= 0.6 is 0 Å². The topological polar surface area (TPSA) is 296 Å². The predicted octanol–water partition coefficient (Wildman–Crippen LogP) is 11.8. The van der Waals surface area contributed by atoms with Crippen molar-refractivity contribution in [1.82, 2.24) is 39.0 Å². The molecule has 0 radical (unpaired) electrons. The van der Waals surface area contributed by atoms with Crippen LogP contribution in [0, 0.1) is 20.2 Å². The number of H-pyrrole nitrogens is 2. The van der Waals surface area contributed by atoms with Crippen LogP contribution in [0.25, 0.3) is 45.6 Å². The van der Waals surface area contributed by atoms with E-state index in [1.165, 1.54) is 45.8 Å². The van der Waals surface area contributed by atoms with Gasteiger partial charge >= 0.3 is 18.3 Å². The molecule has 0 aliphatic heterocycles. The molecule has 5 aromatic carbocycles. The lowest BCUT2D eigenvalue weighted by Crippen LogP contribution is -2.27. The molecule has 5 N–H and O–H groups in total. The van der Waals surface area contributed by atoms with Gasteiger partial charge in [0.25, 0.3) is 11.4 Å². The Balaban J connectivity index is 0.000000164. The Kier molecular flexibility index (Phi) is 17.8. The number of benzene rings is 5. The van der Waals surface area contributed by atoms with Crippen LogP contribution in [0.15, 0.2) is 177 Å². The van der Waals surface area contributed by atoms with Crippen molar-refractivity contribution < 1.29 is 38.4 Å². The minimum absolute atomic E-state index is 0.0637. The number of nitrogens with two attached hydrogens (primary N) is 1. The molecule has 4 aromatic heterocycles. The minimum atomic E-state index is -0.638. The SMILES string of the molecule is CC(C)(C)OC(=O)n1ccnc1-c1cccc(N)c1.CC(C)(C)OC(=O)n1ccnc1-c1cccc([N+](=O)[O-])c1.O=C(Nc1cccc(-c2ncc[nH]2)c1)Oc1ccccc1.O=[N+]([O-])c1cccc(-c2ncc[nH]2)c1. The van der Waals surface area contributed by atoms with Crippen LogP contribution in [0.1, 0.15) is 41.5 Å². The van der Waals surface area contributed by atoms with Crippen LogP contribution in [0.4, 0.5) is 37.1 Å². The molecule has 0 unspecified atom stereocenters. The highest BCUT2D eigenvalue weighted by atomic mass is 16.6. The first-order valence-corrected chi connectivity index (χ1v) is 22.7. The third kappa shape index (κ3) is 16.4. The third-order valence-corrected chi connectivity index (χ3v) is 9.58. The van der Waals surface area contributed by atoms with Gasteiger partial charge in [0.05, 0.1) is 9.85 Å². The van der Waals surface area contributed by atoms with Crippen molar-refractivity contribution in [2.24, 2.45) is 0 Å². The molecule has 0 saturated heterocycles. The van der Waals surface area contributed by atoms with Crippen molar-refractivity contribution in [1.29, 1.82) is 0 Å². The highest BCUT2D eigenvalue weighted by Gasteiger charge is 2.22. The van der Waals surface area contributed by atoms with Crippen molar-refractivity contribution in [3.63, 3.8) is 0 Å². The number of para-hydroxylation sites is 1. The molecule has 1 amide bonds. The quantitative estimate of drug-likeness (QED) is 0.0625. The summed E-state index contributed by atoms with van der Waals surface area (Å²) in [5, 5.41) is 24.0. The molecule has 9 aromatic rings. The molecule has 384 valence electrons. The van der Waals surface area contributed by atoms with Gasteiger partial charge in [0.15, 0.2) is 0 Å². The molecular weight excluding hydrogens is 965 g/mol. The first-order valence-electron chi connectivity index (χ1n) is 22.7. The number of anilines is 2. The Hall–Kier alpha value is -10.3. The van der Waals surface area contributed by atoms with E-state index in [0.29, 0.717) is 45.7 Å². The fraction of sp³-hybridized carbons (Fsp3) is 0.151. The summed E-state index contributed by atoms with van der Waals surface area (Å²) >= 11 is 0. The maximum absolute atomic E-state index is 12.1. The van der Waals surface area contributed by atoms with Gasteiger partial charge in [-0.3, -0.25) is 25.5 Å². The maximum atomic E-state index is 12.1. The normalized spacial score (nSPS) is 10.7. The molecule has 9 rings (SSSR count). The number of nitrogen functional groups attached to an aromatic ring is 1. The van der Waals surface area contributed by atoms with E-state index < -0.39 is 39.3 Å². The second kappa shape index (κ2) is 24.7. The number of amides is 1. The van der Waals surface area contributed by atoms with E-state index in [9.17, 15) is 34.6 Å². The second-order valence-electron chi connectivity index (χ2n) is 17.7. The highest BCUT2D eigenvalue weighted by Crippen LogP contribution is 2.25. The van der Waals surface area contributed by atoms with Crippen LogP contribution in [-0.4, -0.2) is 78.4 Å². The average molecular weight is 1020 g/mol. The van der Waals surface area contributed by atoms with Gasteiger partial charge in [0, 0.05) is 107 Å². The van der Waals surface area contributed by atoms with Crippen LogP contribution in [0.3, 0.4) is 0 Å². The summed E-state index contributed by atoms with van der Waals surface area (Å²) in [5.41, 5.74) is 8.67. The van der Waals surface area contributed by atoms with Gasteiger partial charge in [0.1, 0.15) is 40.2 Å². The van der Waals surface area contributed by atoms with Crippen molar-refractivity contribution >= 4 is 41.0 Å². The lowest BCUT2D eigenvalue weighted by molar-refractivity contribution is -0.385. The van der Waals surface area contributed by atoms with Gasteiger partial charge in [-0.1, -0.05) is 66.7 Å². The second-order valence-corrected chi connectivity index (χ2v) is 17.7. The number of non-ortho nitro benzene ring substituents is 2. The van der Waals surface area contributed by atoms with Crippen LogP contribution in [0.5, 0.6) is 5.75 Å². The molecule has 22 nitrogen and oxygen atoms in total. The number of hydrogen-bond donors (Lipinski definition) is 4. The number of nitro groups is 2. The number of aromatic amines is 2. The zero-order valence-electron chi connectivity index (χ0n) is 41.5. The van der Waals surface area contributed by atoms with Crippen molar-refractivity contribution in [2.45, 2.75) is 52.7 Å². The fourth-order valence-corrected chi connectivity index (χ4v) is 6.48. The van der Waals surface area contributed by atoms with Gasteiger partial charge in [0.2, 0.25) is 0 Å². The molecule has 0 aliphatic carbocycles. The lowest BCUT2D eigenvalue weighted by atomic mass is 10.2. The van der Waals surface area contributed by atoms with E-state index in [-0.39, 0.29) is 11.4 Å². The number of carbonyl (C=O) groups is 3. The molecule has 22 heteroatoms. The summed E-state index contributed by atoms with van der Waals surface area (Å²) in [6.07, 6.45) is 11.2. The monoisotopic (exact) mass is 1020 g/mol. The number of hydrogen-bond acceptors (Lipinski definition) is 15. The Morgan fingerprint density at radius 2 is 1.01 bits per heavy atom. The van der Waals surface area contributed by atoms with Gasteiger partial charge in [-0.2, -0.15) is 0 Å². The number of imidazole rings is 4. The van der Waals surface area contributed by atoms with Crippen LogP contribution in [0.2, 0.25) is 0 Å². The number of rotatable bonds is 8. The van der Waals surface area contributed by atoms with E-state index >= 15 is 0 Å². The zero-order chi connectivity index (χ0) is 54.1. The van der Waals surface area contributed by atoms with Gasteiger partial charge in [-0.25, -0.2) is 43.5 Å². The Morgan fingerprint density at radius 3 is 1.48 bits per heavy atom. The molecule has 0 atom stereocenters. The smallest absolute Gasteiger partial charge is 0.420 e. The summed E-state index contributed by atoms with van der Waals surface area (Å²) < 4.78 is 18.4. The predicted molar refractivity (Wildman–Crippen MR) is 280 cm³/mol. The zero-order valence-corrected chi connectivity index (χ0v) is 41.5. The summed E-state index contributed by atoms with van der Waals surface area (Å²) in [7, 11) is 0. The van der Waals surface area contributed by atoms with Gasteiger partial charge in [-0.05, 0) is 77.9 Å². The van der Waals surface area contributed by atoms with E-state index in [0.717, 1.165) is 17.0 Å². The first-order chi connectivity index (χ1) is 35.7. The van der Waals surface area contributed by atoms with E-state index in [4.69, 9.17) is 19.9 Å². The summed E-state index contributed by atoms with van der Waals surface area (Å²) in [6.45, 7) is 10.7. The van der Waals surface area contributed by atoms with Crippen molar-refractivity contribution in [2.75, 3.05) is 11.1 Å². The Bertz CT molecular complexity index is 3340. The third-order valence-electron chi connectivity index (χ3n) is 9.58. The van der Waals surface area contributed by atoms with Gasteiger partial charge < -0.3 is 29.9 Å². The number of nitrogens with one attached hydrogen (secondary N) is 3. The summed E-state index contributed by atoms with van der Waals surface area (Å²) in [6, 6.07) is 35.8. The standard InChI is InChI=1S/C16H13N3O2.C14H15N3O4.C14H17N3O2.C9H7N3O2/c20-16(21-14-7-2-1-3-8-14)19-13-6-4-5-12(11-13)15-17-9-10-18-15;1-14(2,3)21-13(18)16-8-7-15-12(16)10-5-4-6-11(9-10)17(19)20;1-14(2,3)19-13(18)17-8-7-16-12(17)10-5-4-6-11(15)9-10;13-12(14)8-3-1-2-7(6-8)9-10-4-5-11-9/h1-11H,(H,17,18)(H,19,20);4-9H,1-3H3;4-9H,15H2,1-3H3;1-6H,(H,10,11). The highest BCUT2D eigenvalue weighted by molar-refractivity contribution is 5.87. The number of nitrogens with zero attached hydrogens (tertiary/aromatic N) is 8. The molecular formula is C53H52N12O10. The molecule has 0 spiro atoms. The molecule has 4 heterocycles. The largest absolute Gasteiger partial charge is 0.443 e. The lowest BCUT2D eigenvalue weighted by Gasteiger charge is -2.20. The van der Waals surface area contributed by atoms with Gasteiger partial charge in [-0.15, -0.1) is 0 Å². The van der Waals surface area contributed by atoms with Crippen LogP contribution < -0.4 is 15.8 Å². The molecule has 0 aliphatic rings. The first kappa shape index (κ1) is 54.1. The molecule has 75 heavy (non-hydrogen) atoms. The Morgan fingerprint density at radius 1 is 0.560 bits per heavy atom. The fourth-order valence-electron chi connectivity index (χ4n) is 6.48. The number of nitro benzene ring substituents is 2.